The van der Waals surface area contributed by atoms with Gasteiger partial charge >= 0.3 is 11.3 Å². The molecule has 0 atom stereocenters. The van der Waals surface area contributed by atoms with Gasteiger partial charge in [-0.15, -0.1) is 0 Å². The van der Waals surface area contributed by atoms with Gasteiger partial charge in [0, 0.05) is 41.0 Å². The fourth-order valence-electron chi connectivity index (χ4n) is 4.11. The number of pyridine rings is 4. The van der Waals surface area contributed by atoms with Gasteiger partial charge in [0.15, 0.2) is 22.2 Å². The highest BCUT2D eigenvalue weighted by Crippen LogP contribution is 2.34. The second-order valence-corrected chi connectivity index (χ2v) is 8.34. The summed E-state index contributed by atoms with van der Waals surface area (Å²) in [5, 5.41) is 1.24. The SMILES string of the molecule is CC(C)(c1cnc2c(=O)oc3cccnc3c2c1)c1cnc2c(=O)oc3cccnc3c2c1. The van der Waals surface area contributed by atoms with Gasteiger partial charge in [0.2, 0.25) is 0 Å². The molecule has 0 aliphatic rings. The second kappa shape index (κ2) is 6.77. The highest BCUT2D eigenvalue weighted by Gasteiger charge is 2.26. The summed E-state index contributed by atoms with van der Waals surface area (Å²) >= 11 is 0. The fraction of sp³-hybridized carbons (Fsp3) is 0.120. The maximum Gasteiger partial charge on any atom is 0.363 e. The van der Waals surface area contributed by atoms with Crippen molar-refractivity contribution in [2.75, 3.05) is 0 Å². The Morgan fingerprint density at radius 1 is 0.667 bits per heavy atom. The first-order valence-corrected chi connectivity index (χ1v) is 10.3. The summed E-state index contributed by atoms with van der Waals surface area (Å²) < 4.78 is 10.7. The third-order valence-corrected chi connectivity index (χ3v) is 6.06. The van der Waals surface area contributed by atoms with Gasteiger partial charge in [-0.3, -0.25) is 9.97 Å². The van der Waals surface area contributed by atoms with Crippen molar-refractivity contribution in [2.24, 2.45) is 0 Å². The van der Waals surface area contributed by atoms with E-state index in [-0.39, 0.29) is 11.0 Å². The molecule has 0 amide bonds. The van der Waals surface area contributed by atoms with Crippen LogP contribution in [0, 0.1) is 0 Å². The van der Waals surface area contributed by atoms with Crippen molar-refractivity contribution >= 4 is 44.0 Å². The van der Waals surface area contributed by atoms with Gasteiger partial charge in [-0.1, -0.05) is 13.8 Å². The van der Waals surface area contributed by atoms with Crippen molar-refractivity contribution in [3.63, 3.8) is 0 Å². The molecule has 6 aromatic rings. The summed E-state index contributed by atoms with van der Waals surface area (Å²) in [4.78, 5) is 42.4. The van der Waals surface area contributed by atoms with Gasteiger partial charge in [0.25, 0.3) is 0 Å². The van der Waals surface area contributed by atoms with Gasteiger partial charge < -0.3 is 8.83 Å². The molecule has 0 aromatic carbocycles. The van der Waals surface area contributed by atoms with Gasteiger partial charge in [-0.2, -0.15) is 0 Å². The maximum absolute atomic E-state index is 12.4. The first-order valence-electron chi connectivity index (χ1n) is 10.3. The molecule has 0 saturated carbocycles. The first kappa shape index (κ1) is 19.2. The van der Waals surface area contributed by atoms with E-state index >= 15 is 0 Å². The molecule has 0 aliphatic carbocycles. The number of fused-ring (bicyclic) bond motifs is 6. The molecular formula is C25H16N4O4. The molecule has 0 unspecified atom stereocenters. The maximum atomic E-state index is 12.4. The number of hydrogen-bond donors (Lipinski definition) is 0. The highest BCUT2D eigenvalue weighted by atomic mass is 16.4. The van der Waals surface area contributed by atoms with Gasteiger partial charge in [-0.25, -0.2) is 19.6 Å². The standard InChI is InChI=1S/C25H16N4O4/c1-25(2,13-9-15-19-17(5-3-7-26-19)32-23(30)21(15)28-11-13)14-10-16-20-18(6-4-8-27-20)33-24(31)22(16)29-12-14/h3-12H,1-2H3. The molecule has 0 saturated heterocycles. The lowest BCUT2D eigenvalue weighted by Gasteiger charge is -2.26. The van der Waals surface area contributed by atoms with Crippen molar-refractivity contribution in [1.29, 1.82) is 0 Å². The first-order chi connectivity index (χ1) is 15.9. The van der Waals surface area contributed by atoms with Crippen molar-refractivity contribution in [3.8, 4) is 0 Å². The molecule has 0 radical (unpaired) electrons. The molecule has 0 bridgehead atoms. The van der Waals surface area contributed by atoms with Gasteiger partial charge in [-0.05, 0) is 47.5 Å². The van der Waals surface area contributed by atoms with E-state index in [1.807, 2.05) is 26.0 Å². The smallest absolute Gasteiger partial charge is 0.363 e. The zero-order valence-corrected chi connectivity index (χ0v) is 17.7. The molecule has 0 N–H and O–H groups in total. The minimum Gasteiger partial charge on any atom is -0.419 e. The molecule has 6 rings (SSSR count). The predicted octanol–water partition coefficient (Wildman–Crippen LogP) is 4.11. The van der Waals surface area contributed by atoms with Crippen molar-refractivity contribution in [2.45, 2.75) is 19.3 Å². The summed E-state index contributed by atoms with van der Waals surface area (Å²) in [6.45, 7) is 4.06. The van der Waals surface area contributed by atoms with E-state index in [0.717, 1.165) is 11.1 Å². The molecule has 160 valence electrons. The van der Waals surface area contributed by atoms with E-state index in [9.17, 15) is 9.59 Å². The van der Waals surface area contributed by atoms with Crippen LogP contribution >= 0.6 is 0 Å². The van der Waals surface area contributed by atoms with Crippen molar-refractivity contribution in [3.05, 3.63) is 93.2 Å². The molecule has 0 fully saturated rings. The Labute approximate surface area is 185 Å². The Hall–Kier alpha value is -4.46. The third kappa shape index (κ3) is 2.84. The van der Waals surface area contributed by atoms with Crippen LogP contribution in [-0.4, -0.2) is 19.9 Å². The van der Waals surface area contributed by atoms with E-state index < -0.39 is 16.7 Å². The van der Waals surface area contributed by atoms with Crippen LogP contribution in [-0.2, 0) is 5.41 Å². The summed E-state index contributed by atoms with van der Waals surface area (Å²) in [6.07, 6.45) is 6.62. The third-order valence-electron chi connectivity index (χ3n) is 6.06. The van der Waals surface area contributed by atoms with Gasteiger partial charge in [0.05, 0.1) is 0 Å². The molecule has 6 heterocycles. The van der Waals surface area contributed by atoms with E-state index in [1.54, 1.807) is 49.1 Å². The largest absolute Gasteiger partial charge is 0.419 e. The van der Waals surface area contributed by atoms with Crippen LogP contribution in [0.4, 0.5) is 0 Å². The van der Waals surface area contributed by atoms with Crippen LogP contribution in [0.2, 0.25) is 0 Å². The Bertz CT molecular complexity index is 1720. The van der Waals surface area contributed by atoms with Crippen LogP contribution in [0.3, 0.4) is 0 Å². The van der Waals surface area contributed by atoms with E-state index in [4.69, 9.17) is 8.83 Å². The molecule has 0 spiro atoms. The lowest BCUT2D eigenvalue weighted by molar-refractivity contribution is 0.566. The van der Waals surface area contributed by atoms with Crippen LogP contribution < -0.4 is 11.3 Å². The number of aromatic nitrogens is 4. The van der Waals surface area contributed by atoms with Crippen LogP contribution in [0.25, 0.3) is 44.0 Å². The Morgan fingerprint density at radius 3 is 1.58 bits per heavy atom. The highest BCUT2D eigenvalue weighted by molar-refractivity contribution is 6.01. The summed E-state index contributed by atoms with van der Waals surface area (Å²) in [5.74, 6) is 0. The Kier molecular flexibility index (Phi) is 3.95. The molecule has 6 aromatic heterocycles. The lowest BCUT2D eigenvalue weighted by atomic mass is 9.79. The normalized spacial score (nSPS) is 12.2. The average Bonchev–Trinajstić information content (AvgIpc) is 2.84. The average molecular weight is 436 g/mol. The Morgan fingerprint density at radius 2 is 1.12 bits per heavy atom. The second-order valence-electron chi connectivity index (χ2n) is 8.34. The number of nitrogens with zero attached hydrogens (tertiary/aromatic N) is 4. The quantitative estimate of drug-likeness (QED) is 0.373. The van der Waals surface area contributed by atoms with Crippen molar-refractivity contribution in [1.82, 2.24) is 19.9 Å². The zero-order chi connectivity index (χ0) is 22.7. The molecule has 0 aliphatic heterocycles. The van der Waals surface area contributed by atoms with Crippen LogP contribution in [0.1, 0.15) is 25.0 Å². The van der Waals surface area contributed by atoms with Crippen molar-refractivity contribution < 1.29 is 8.83 Å². The minimum absolute atomic E-state index is 0.227. The minimum atomic E-state index is -0.559. The van der Waals surface area contributed by atoms with E-state index in [0.29, 0.717) is 33.0 Å². The Balaban J connectivity index is 1.61. The monoisotopic (exact) mass is 436 g/mol. The topological polar surface area (TPSA) is 112 Å². The van der Waals surface area contributed by atoms with E-state index in [1.165, 1.54) is 0 Å². The molecule has 33 heavy (non-hydrogen) atoms. The summed E-state index contributed by atoms with van der Waals surface area (Å²) in [5.41, 5.74) is 2.54. The van der Waals surface area contributed by atoms with Gasteiger partial charge in [0.1, 0.15) is 11.0 Å². The van der Waals surface area contributed by atoms with Crippen LogP contribution in [0.5, 0.6) is 0 Å². The predicted molar refractivity (Wildman–Crippen MR) is 123 cm³/mol. The number of hydrogen-bond acceptors (Lipinski definition) is 8. The molecular weight excluding hydrogens is 420 g/mol. The summed E-state index contributed by atoms with van der Waals surface area (Å²) in [7, 11) is 0. The summed E-state index contributed by atoms with van der Waals surface area (Å²) in [6, 6.07) is 10.7. The number of rotatable bonds is 2. The zero-order valence-electron chi connectivity index (χ0n) is 17.7. The molecule has 8 heteroatoms. The van der Waals surface area contributed by atoms with E-state index in [2.05, 4.69) is 19.9 Å². The fourth-order valence-corrected chi connectivity index (χ4v) is 4.11. The lowest BCUT2D eigenvalue weighted by Crippen LogP contribution is -2.20. The van der Waals surface area contributed by atoms with Crippen LogP contribution in [0.15, 0.2) is 79.6 Å². The molecule has 8 nitrogen and oxygen atoms in total.